The van der Waals surface area contributed by atoms with Crippen LogP contribution in [-0.4, -0.2) is 46.4 Å². The van der Waals surface area contributed by atoms with Crippen LogP contribution in [-0.2, 0) is 16.9 Å². The smallest absolute Gasteiger partial charge is 0.269 e. The molecule has 0 saturated carbocycles. The van der Waals surface area contributed by atoms with E-state index >= 15 is 0 Å². The van der Waals surface area contributed by atoms with Gasteiger partial charge >= 0.3 is 0 Å². The molecule has 3 aliphatic heterocycles. The molecule has 0 aliphatic carbocycles. The van der Waals surface area contributed by atoms with Crippen molar-refractivity contribution in [1.82, 2.24) is 4.90 Å². The van der Waals surface area contributed by atoms with Crippen LogP contribution in [0, 0.1) is 20.2 Å². The number of nitro groups is 2. The van der Waals surface area contributed by atoms with Crippen molar-refractivity contribution >= 4 is 28.9 Å². The summed E-state index contributed by atoms with van der Waals surface area (Å²) in [5, 5.41) is 26.9. The van der Waals surface area contributed by atoms with Crippen molar-refractivity contribution in [3.05, 3.63) is 103 Å². The summed E-state index contributed by atoms with van der Waals surface area (Å²) in [4.78, 5) is 38.6. The van der Waals surface area contributed by atoms with Crippen LogP contribution in [0.1, 0.15) is 35.4 Å². The molecule has 0 radical (unpaired) electrons. The zero-order valence-corrected chi connectivity index (χ0v) is 22.2. The van der Waals surface area contributed by atoms with Crippen molar-refractivity contribution in [3.8, 4) is 11.5 Å². The SMILES string of the molecule is COc1cc([C@H]2[C@H]([N+](=O)[O-])[C@]3(C(=O)Nc4ccccc43)N3CCC[C@@H]23)cc(Cl)c1OCc1ccc([N+](=O)[O-])cc1. The quantitative estimate of drug-likeness (QED) is 0.316. The normalized spacial score (nSPS) is 24.9. The summed E-state index contributed by atoms with van der Waals surface area (Å²) in [5.74, 6) is -0.465. The van der Waals surface area contributed by atoms with Gasteiger partial charge in [-0.15, -0.1) is 0 Å². The molecule has 4 atom stereocenters. The number of anilines is 1. The van der Waals surface area contributed by atoms with E-state index in [0.29, 0.717) is 41.1 Å². The number of nitro benzene ring substituents is 1. The lowest BCUT2D eigenvalue weighted by atomic mass is 9.77. The molecule has 3 aromatic carbocycles. The van der Waals surface area contributed by atoms with Crippen LogP contribution < -0.4 is 14.8 Å². The van der Waals surface area contributed by atoms with Crippen molar-refractivity contribution in [1.29, 1.82) is 0 Å². The van der Waals surface area contributed by atoms with Gasteiger partial charge in [0, 0.05) is 40.9 Å². The number of hydrogen-bond donors (Lipinski definition) is 1. The molecule has 206 valence electrons. The maximum absolute atomic E-state index is 13.6. The third-order valence-corrected chi connectivity index (χ3v) is 8.54. The van der Waals surface area contributed by atoms with Gasteiger partial charge in [0.15, 0.2) is 17.0 Å². The fourth-order valence-corrected chi connectivity index (χ4v) is 6.99. The number of ether oxygens (including phenoxy) is 2. The number of nitrogens with one attached hydrogen (secondary N) is 1. The number of carbonyl (C=O) groups excluding carboxylic acids is 1. The zero-order chi connectivity index (χ0) is 28.2. The molecule has 2 saturated heterocycles. The Balaban J connectivity index is 1.38. The van der Waals surface area contributed by atoms with E-state index in [9.17, 15) is 25.0 Å². The van der Waals surface area contributed by atoms with Crippen LogP contribution >= 0.6 is 11.6 Å². The molecule has 11 nitrogen and oxygen atoms in total. The van der Waals surface area contributed by atoms with Gasteiger partial charge in [-0.2, -0.15) is 0 Å². The lowest BCUT2D eigenvalue weighted by Crippen LogP contribution is -2.55. The molecular weight excluding hydrogens is 540 g/mol. The fraction of sp³-hybridized carbons (Fsp3) is 0.321. The number of fused-ring (bicyclic) bond motifs is 4. The zero-order valence-electron chi connectivity index (χ0n) is 21.4. The van der Waals surface area contributed by atoms with Crippen LogP contribution in [0.15, 0.2) is 60.7 Å². The summed E-state index contributed by atoms with van der Waals surface area (Å²) in [6.07, 6.45) is 1.51. The number of carbonyl (C=O) groups is 1. The summed E-state index contributed by atoms with van der Waals surface area (Å²) in [7, 11) is 1.46. The first-order valence-corrected chi connectivity index (χ1v) is 13.2. The Kier molecular flexibility index (Phi) is 6.35. The molecule has 1 N–H and O–H groups in total. The van der Waals surface area contributed by atoms with Crippen LogP contribution in [0.4, 0.5) is 11.4 Å². The largest absolute Gasteiger partial charge is 0.493 e. The molecule has 40 heavy (non-hydrogen) atoms. The molecular formula is C28H25ClN4O7. The van der Waals surface area contributed by atoms with Gasteiger partial charge in [-0.05, 0) is 54.3 Å². The highest BCUT2D eigenvalue weighted by Gasteiger charge is 2.73. The Morgan fingerprint density at radius 3 is 2.58 bits per heavy atom. The second kappa shape index (κ2) is 9.76. The van der Waals surface area contributed by atoms with E-state index < -0.39 is 22.4 Å². The highest BCUT2D eigenvalue weighted by molar-refractivity contribution is 6.32. The summed E-state index contributed by atoms with van der Waals surface area (Å²) in [6.45, 7) is 0.638. The molecule has 0 aromatic heterocycles. The maximum Gasteiger partial charge on any atom is 0.269 e. The lowest BCUT2D eigenvalue weighted by Gasteiger charge is -2.32. The number of rotatable bonds is 7. The second-order valence-corrected chi connectivity index (χ2v) is 10.6. The van der Waals surface area contributed by atoms with Crippen molar-refractivity contribution in [2.75, 3.05) is 19.0 Å². The molecule has 12 heteroatoms. The van der Waals surface area contributed by atoms with Crippen LogP contribution in [0.3, 0.4) is 0 Å². The average Bonchev–Trinajstić information content (AvgIpc) is 3.60. The van der Waals surface area contributed by atoms with Crippen molar-refractivity contribution in [2.45, 2.75) is 43.0 Å². The Bertz CT molecular complexity index is 1530. The average molecular weight is 565 g/mol. The number of methoxy groups -OCH3 is 1. The van der Waals surface area contributed by atoms with E-state index in [4.69, 9.17) is 21.1 Å². The predicted octanol–water partition coefficient (Wildman–Crippen LogP) is 4.89. The molecule has 0 bridgehead atoms. The minimum Gasteiger partial charge on any atom is -0.493 e. The molecule has 3 heterocycles. The Labute approximate surface area is 233 Å². The van der Waals surface area contributed by atoms with E-state index in [0.717, 1.165) is 6.42 Å². The standard InChI is InChI=1S/C28H25ClN4O7/c1-39-23-14-17(13-20(29)25(23)40-15-16-8-10-18(11-9-16)32(35)36)24-22-7-4-12-31(22)28(26(24)33(37)38)19-5-2-3-6-21(19)30-27(28)34/h2-3,5-6,8-11,13-14,22,24,26H,4,7,12,15H2,1H3,(H,30,34)/t22-,24+,26-,28+/m0/s1. The van der Waals surface area contributed by atoms with E-state index in [1.165, 1.54) is 19.2 Å². The molecule has 2 fully saturated rings. The Morgan fingerprint density at radius 2 is 1.88 bits per heavy atom. The first-order valence-electron chi connectivity index (χ1n) is 12.8. The van der Waals surface area contributed by atoms with Gasteiger partial charge < -0.3 is 14.8 Å². The van der Waals surface area contributed by atoms with Gasteiger partial charge in [0.2, 0.25) is 0 Å². The topological polar surface area (TPSA) is 137 Å². The number of amides is 1. The van der Waals surface area contributed by atoms with Crippen LogP contribution in [0.25, 0.3) is 0 Å². The van der Waals surface area contributed by atoms with Gasteiger partial charge in [0.05, 0.1) is 23.0 Å². The van der Waals surface area contributed by atoms with Crippen molar-refractivity contribution in [3.63, 3.8) is 0 Å². The lowest BCUT2D eigenvalue weighted by molar-refractivity contribution is -0.534. The Morgan fingerprint density at radius 1 is 1.12 bits per heavy atom. The highest BCUT2D eigenvalue weighted by Crippen LogP contribution is 2.58. The minimum absolute atomic E-state index is 0.0297. The minimum atomic E-state index is -1.43. The molecule has 3 aliphatic rings. The van der Waals surface area contributed by atoms with Gasteiger partial charge in [-0.25, -0.2) is 0 Å². The van der Waals surface area contributed by atoms with Crippen LogP contribution in [0.5, 0.6) is 11.5 Å². The highest BCUT2D eigenvalue weighted by atomic mass is 35.5. The van der Waals surface area contributed by atoms with E-state index in [2.05, 4.69) is 5.32 Å². The number of non-ortho nitro benzene ring substituents is 1. The van der Waals surface area contributed by atoms with Gasteiger partial charge in [0.25, 0.3) is 17.6 Å². The number of para-hydroxylation sites is 1. The molecule has 1 spiro atoms. The molecule has 1 amide bonds. The van der Waals surface area contributed by atoms with E-state index in [-0.39, 0.29) is 39.9 Å². The second-order valence-electron chi connectivity index (χ2n) is 10.2. The molecule has 0 unspecified atom stereocenters. The van der Waals surface area contributed by atoms with Gasteiger partial charge in [-0.3, -0.25) is 29.9 Å². The summed E-state index contributed by atoms with van der Waals surface area (Å²) < 4.78 is 11.6. The monoisotopic (exact) mass is 564 g/mol. The van der Waals surface area contributed by atoms with Gasteiger partial charge in [0.1, 0.15) is 6.61 Å². The third kappa shape index (κ3) is 3.80. The number of benzene rings is 3. The number of hydrogen-bond acceptors (Lipinski definition) is 8. The van der Waals surface area contributed by atoms with Gasteiger partial charge in [-0.1, -0.05) is 29.8 Å². The first kappa shape index (κ1) is 26.0. The summed E-state index contributed by atoms with van der Waals surface area (Å²) in [5.41, 5.74) is 1.03. The predicted molar refractivity (Wildman–Crippen MR) is 145 cm³/mol. The molecule has 6 rings (SSSR count). The Hall–Kier alpha value is -4.22. The van der Waals surface area contributed by atoms with Crippen molar-refractivity contribution < 1.29 is 24.1 Å². The first-order chi connectivity index (χ1) is 19.3. The number of nitrogens with zero attached hydrogens (tertiary/aromatic N) is 3. The fourth-order valence-electron chi connectivity index (χ4n) is 6.72. The van der Waals surface area contributed by atoms with Crippen molar-refractivity contribution in [2.24, 2.45) is 0 Å². The number of halogens is 1. The van der Waals surface area contributed by atoms with E-state index in [1.54, 1.807) is 48.5 Å². The molecule has 3 aromatic rings. The van der Waals surface area contributed by atoms with E-state index in [1.807, 2.05) is 4.90 Å². The summed E-state index contributed by atoms with van der Waals surface area (Å²) in [6, 6.07) is 15.0. The maximum atomic E-state index is 13.6. The summed E-state index contributed by atoms with van der Waals surface area (Å²) >= 11 is 6.70. The van der Waals surface area contributed by atoms with Crippen LogP contribution in [0.2, 0.25) is 5.02 Å². The third-order valence-electron chi connectivity index (χ3n) is 8.26.